The van der Waals surface area contributed by atoms with Gasteiger partial charge in [-0.05, 0) is 58.5 Å². The molecule has 1 saturated heterocycles. The van der Waals surface area contributed by atoms with Crippen LogP contribution in [-0.2, 0) is 11.3 Å². The van der Waals surface area contributed by atoms with E-state index in [4.69, 9.17) is 5.73 Å². The minimum atomic E-state index is 0. The molecule has 0 unspecified atom stereocenters. The Labute approximate surface area is 167 Å². The normalized spacial score (nSPS) is 24.9. The molecule has 2 heterocycles. The van der Waals surface area contributed by atoms with Gasteiger partial charge < -0.3 is 11.1 Å². The molecule has 1 aliphatic heterocycles. The van der Waals surface area contributed by atoms with Crippen molar-refractivity contribution >= 4 is 42.1 Å². The number of hydrogen-bond donors (Lipinski definition) is 2. The smallest absolute Gasteiger partial charge is 0.223 e. The number of rotatable bonds is 4. The molecule has 144 valence electrons. The first-order chi connectivity index (χ1) is 11.1. The quantitative estimate of drug-likeness (QED) is 0.802. The Morgan fingerprint density at radius 1 is 1.24 bits per heavy atom. The molecule has 1 aliphatic carbocycles. The molecule has 1 aromatic heterocycles. The molecule has 25 heavy (non-hydrogen) atoms. The number of nitrogens with two attached hydrogens (primary N) is 1. The summed E-state index contributed by atoms with van der Waals surface area (Å²) in [5, 5.41) is 6.52. The van der Waals surface area contributed by atoms with Crippen molar-refractivity contribution in [2.24, 2.45) is 11.7 Å². The maximum absolute atomic E-state index is 12.4. The van der Waals surface area contributed by atoms with Crippen molar-refractivity contribution in [3.8, 4) is 0 Å². The van der Waals surface area contributed by atoms with Gasteiger partial charge in [0.25, 0.3) is 0 Å². The highest BCUT2D eigenvalue weighted by Crippen LogP contribution is 2.22. The third kappa shape index (κ3) is 6.68. The molecule has 0 aromatic carbocycles. The number of carbonyl (C=O) groups is 1. The van der Waals surface area contributed by atoms with E-state index in [0.717, 1.165) is 68.9 Å². The minimum Gasteiger partial charge on any atom is -0.353 e. The van der Waals surface area contributed by atoms with Gasteiger partial charge in [-0.3, -0.25) is 9.69 Å². The van der Waals surface area contributed by atoms with E-state index < -0.39 is 0 Å². The van der Waals surface area contributed by atoms with Crippen LogP contribution >= 0.6 is 36.2 Å². The fourth-order valence-corrected chi connectivity index (χ4v) is 4.25. The van der Waals surface area contributed by atoms with Crippen LogP contribution in [-0.4, -0.2) is 41.0 Å². The van der Waals surface area contributed by atoms with Crippen LogP contribution < -0.4 is 11.1 Å². The molecule has 1 aromatic rings. The van der Waals surface area contributed by atoms with Crippen molar-refractivity contribution in [3.63, 3.8) is 0 Å². The van der Waals surface area contributed by atoms with Crippen LogP contribution in [0.5, 0.6) is 0 Å². The average molecular weight is 409 g/mol. The molecule has 0 atom stereocenters. The first kappa shape index (κ1) is 22.6. The number of amides is 1. The third-order valence-electron chi connectivity index (χ3n) is 5.13. The summed E-state index contributed by atoms with van der Waals surface area (Å²) in [6, 6.07) is 0.680. The molecule has 0 bridgehead atoms. The van der Waals surface area contributed by atoms with E-state index in [0.29, 0.717) is 12.1 Å². The lowest BCUT2D eigenvalue weighted by molar-refractivity contribution is -0.127. The molecular weight excluding hydrogens is 379 g/mol. The molecule has 2 fully saturated rings. The predicted octanol–water partition coefficient (Wildman–Crippen LogP) is 2.89. The second kappa shape index (κ2) is 10.7. The maximum Gasteiger partial charge on any atom is 0.223 e. The predicted molar refractivity (Wildman–Crippen MR) is 108 cm³/mol. The molecule has 8 heteroatoms. The zero-order chi connectivity index (χ0) is 16.2. The Morgan fingerprint density at radius 3 is 2.44 bits per heavy atom. The minimum absolute atomic E-state index is 0. The second-order valence-electron chi connectivity index (χ2n) is 7.03. The SMILES string of the molecule is Cc1nc(CN2CCC(C(=O)NC3CCC(N)CC3)CC2)cs1.Cl.Cl. The standard InChI is InChI=1S/C17H28N4OS.2ClH/c1-12-19-16(11-23-12)10-21-8-6-13(7-9-21)17(22)20-15-4-2-14(18)3-5-15;;/h11,13-15H,2-10,18H2,1H3,(H,20,22);2*1H. The number of aryl methyl sites for hydroxylation is 1. The number of nitrogens with zero attached hydrogens (tertiary/aromatic N) is 2. The average Bonchev–Trinajstić information content (AvgIpc) is 2.95. The van der Waals surface area contributed by atoms with Gasteiger partial charge in [-0.15, -0.1) is 36.2 Å². The molecule has 5 nitrogen and oxygen atoms in total. The Morgan fingerprint density at radius 2 is 1.88 bits per heavy atom. The first-order valence-corrected chi connectivity index (χ1v) is 9.67. The van der Waals surface area contributed by atoms with E-state index in [1.54, 1.807) is 11.3 Å². The molecule has 1 amide bonds. The van der Waals surface area contributed by atoms with Crippen LogP contribution in [0.25, 0.3) is 0 Å². The van der Waals surface area contributed by atoms with E-state index in [-0.39, 0.29) is 36.6 Å². The van der Waals surface area contributed by atoms with Gasteiger partial charge in [0.2, 0.25) is 5.91 Å². The number of likely N-dealkylation sites (tertiary alicyclic amines) is 1. The van der Waals surface area contributed by atoms with Crippen LogP contribution in [0.3, 0.4) is 0 Å². The molecule has 2 aliphatic rings. The van der Waals surface area contributed by atoms with Crippen LogP contribution in [0, 0.1) is 12.8 Å². The summed E-state index contributed by atoms with van der Waals surface area (Å²) in [5.41, 5.74) is 7.09. The van der Waals surface area contributed by atoms with Gasteiger partial charge in [0.15, 0.2) is 0 Å². The van der Waals surface area contributed by atoms with Crippen molar-refractivity contribution in [3.05, 3.63) is 16.1 Å². The van der Waals surface area contributed by atoms with E-state index in [1.165, 1.54) is 0 Å². The number of hydrogen-bond acceptors (Lipinski definition) is 5. The van der Waals surface area contributed by atoms with E-state index in [2.05, 4.69) is 20.6 Å². The molecular formula is C17H30Cl2N4OS. The largest absolute Gasteiger partial charge is 0.353 e. The lowest BCUT2D eigenvalue weighted by Crippen LogP contribution is -2.45. The summed E-state index contributed by atoms with van der Waals surface area (Å²) >= 11 is 1.71. The van der Waals surface area contributed by atoms with Crippen molar-refractivity contribution in [1.82, 2.24) is 15.2 Å². The van der Waals surface area contributed by atoms with Crippen LogP contribution in [0.15, 0.2) is 5.38 Å². The second-order valence-corrected chi connectivity index (χ2v) is 8.09. The Bertz CT molecular complexity index is 526. The van der Waals surface area contributed by atoms with Gasteiger partial charge in [0, 0.05) is 29.9 Å². The maximum atomic E-state index is 12.4. The Hall–Kier alpha value is -0.400. The van der Waals surface area contributed by atoms with Crippen LogP contribution in [0.1, 0.15) is 49.2 Å². The number of piperidine rings is 1. The summed E-state index contributed by atoms with van der Waals surface area (Å²) in [4.78, 5) is 19.4. The van der Waals surface area contributed by atoms with E-state index >= 15 is 0 Å². The van der Waals surface area contributed by atoms with Gasteiger partial charge in [-0.2, -0.15) is 0 Å². The van der Waals surface area contributed by atoms with Gasteiger partial charge in [-0.25, -0.2) is 4.98 Å². The lowest BCUT2D eigenvalue weighted by atomic mass is 9.90. The van der Waals surface area contributed by atoms with Gasteiger partial charge in [-0.1, -0.05) is 0 Å². The van der Waals surface area contributed by atoms with Gasteiger partial charge in [0.1, 0.15) is 0 Å². The fraction of sp³-hybridized carbons (Fsp3) is 0.765. The van der Waals surface area contributed by atoms with Crippen molar-refractivity contribution in [2.45, 2.75) is 64.1 Å². The highest BCUT2D eigenvalue weighted by atomic mass is 35.5. The number of carbonyl (C=O) groups excluding carboxylic acids is 1. The number of thiazole rings is 1. The number of aromatic nitrogens is 1. The van der Waals surface area contributed by atoms with Crippen molar-refractivity contribution < 1.29 is 4.79 Å². The summed E-state index contributed by atoms with van der Waals surface area (Å²) in [7, 11) is 0. The summed E-state index contributed by atoms with van der Waals surface area (Å²) in [6.07, 6.45) is 6.07. The highest BCUT2D eigenvalue weighted by molar-refractivity contribution is 7.09. The highest BCUT2D eigenvalue weighted by Gasteiger charge is 2.28. The third-order valence-corrected chi connectivity index (χ3v) is 5.95. The first-order valence-electron chi connectivity index (χ1n) is 8.79. The van der Waals surface area contributed by atoms with Crippen LogP contribution in [0.4, 0.5) is 0 Å². The van der Waals surface area contributed by atoms with Gasteiger partial charge >= 0.3 is 0 Å². The summed E-state index contributed by atoms with van der Waals surface area (Å²) in [6.45, 7) is 4.94. The molecule has 0 radical (unpaired) electrons. The Balaban J connectivity index is 0.00000156. The Kier molecular flexibility index (Phi) is 9.67. The molecule has 3 N–H and O–H groups in total. The van der Waals surface area contributed by atoms with Crippen molar-refractivity contribution in [1.29, 1.82) is 0 Å². The lowest BCUT2D eigenvalue weighted by Gasteiger charge is -2.33. The fourth-order valence-electron chi connectivity index (χ4n) is 3.65. The van der Waals surface area contributed by atoms with Crippen LogP contribution in [0.2, 0.25) is 0 Å². The summed E-state index contributed by atoms with van der Waals surface area (Å²) in [5.74, 6) is 0.439. The summed E-state index contributed by atoms with van der Waals surface area (Å²) < 4.78 is 0. The topological polar surface area (TPSA) is 71.2 Å². The molecule has 1 saturated carbocycles. The van der Waals surface area contributed by atoms with E-state index in [9.17, 15) is 4.79 Å². The van der Waals surface area contributed by atoms with Gasteiger partial charge in [0.05, 0.1) is 10.7 Å². The van der Waals surface area contributed by atoms with E-state index in [1.807, 2.05) is 6.92 Å². The van der Waals surface area contributed by atoms with Crippen molar-refractivity contribution in [2.75, 3.05) is 13.1 Å². The molecule has 3 rings (SSSR count). The zero-order valence-corrected chi connectivity index (χ0v) is 17.2. The number of halogens is 2. The molecule has 0 spiro atoms. The monoisotopic (exact) mass is 408 g/mol. The number of nitrogens with one attached hydrogen (secondary N) is 1. The zero-order valence-electron chi connectivity index (χ0n) is 14.8.